The highest BCUT2D eigenvalue weighted by atomic mass is 35.5. The molecule has 2 N–H and O–H groups in total. The Morgan fingerprint density at radius 2 is 1.58 bits per heavy atom. The number of nitriles is 1. The Labute approximate surface area is 341 Å². The van der Waals surface area contributed by atoms with Crippen molar-refractivity contribution in [2.24, 2.45) is 5.16 Å². The van der Waals surface area contributed by atoms with Crippen LogP contribution in [-0.2, 0) is 36.1 Å². The van der Waals surface area contributed by atoms with E-state index in [1.807, 2.05) is 97.1 Å². The molecule has 5 aromatic rings. The number of esters is 1. The molecule has 2 aliphatic heterocycles. The summed E-state index contributed by atoms with van der Waals surface area (Å²) in [5.41, 5.74) is 2.82. The highest BCUT2D eigenvalue weighted by Crippen LogP contribution is 2.42. The second kappa shape index (κ2) is 17.7. The number of benzene rings is 4. The zero-order chi connectivity index (χ0) is 39.8. The van der Waals surface area contributed by atoms with Crippen molar-refractivity contribution in [2.45, 2.75) is 23.6 Å². The number of anilines is 1. The number of hydrogen-bond donors (Lipinski definition) is 2. The van der Waals surface area contributed by atoms with Crippen LogP contribution in [0.2, 0.25) is 0 Å². The largest absolute Gasteiger partial charge is 0.497 e. The summed E-state index contributed by atoms with van der Waals surface area (Å²) < 4.78 is 15.2. The number of fused-ring (bicyclic) bond motifs is 1. The number of nitrogens with zero attached hydrogens (tertiary/aromatic N) is 5. The molecule has 13 nitrogen and oxygen atoms in total. The maximum atomic E-state index is 13.9. The molecule has 3 heterocycles. The first kappa shape index (κ1) is 39.0. The van der Waals surface area contributed by atoms with Gasteiger partial charge in [-0.05, 0) is 40.0 Å². The Balaban J connectivity index is 1.13. The van der Waals surface area contributed by atoms with E-state index in [-0.39, 0.29) is 29.7 Å². The molecule has 2 aliphatic rings. The van der Waals surface area contributed by atoms with Crippen LogP contribution in [0.25, 0.3) is 0 Å². The van der Waals surface area contributed by atoms with E-state index in [0.717, 1.165) is 33.8 Å². The van der Waals surface area contributed by atoms with Crippen LogP contribution in [0, 0.1) is 11.3 Å². The van der Waals surface area contributed by atoms with E-state index >= 15 is 0 Å². The predicted molar refractivity (Wildman–Crippen MR) is 216 cm³/mol. The molecule has 0 saturated carbocycles. The topological polar surface area (TPSA) is 168 Å². The molecule has 1 fully saturated rings. The lowest BCUT2D eigenvalue weighted by molar-refractivity contribution is -0.153. The molecule has 2 atom stereocenters. The van der Waals surface area contributed by atoms with Gasteiger partial charge in [0.15, 0.2) is 0 Å². The van der Waals surface area contributed by atoms with Gasteiger partial charge in [0.2, 0.25) is 23.3 Å². The summed E-state index contributed by atoms with van der Waals surface area (Å²) in [5.74, 6) is -1.15. The molecule has 2 amide bonds. The van der Waals surface area contributed by atoms with Gasteiger partial charge >= 0.3 is 5.97 Å². The third-order valence-electron chi connectivity index (χ3n) is 9.27. The summed E-state index contributed by atoms with van der Waals surface area (Å²) in [5, 5.41) is 19.1. The van der Waals surface area contributed by atoms with Crippen LogP contribution in [0.5, 0.6) is 5.75 Å². The van der Waals surface area contributed by atoms with Crippen LogP contribution in [0.15, 0.2) is 132 Å². The molecule has 0 bridgehead atoms. The van der Waals surface area contributed by atoms with Crippen molar-refractivity contribution in [3.63, 3.8) is 0 Å². The van der Waals surface area contributed by atoms with E-state index in [4.69, 9.17) is 31.2 Å². The first-order valence-electron chi connectivity index (χ1n) is 17.6. The predicted octanol–water partition coefficient (Wildman–Crippen LogP) is 5.83. The Hall–Kier alpha value is -6.21. The van der Waals surface area contributed by atoms with Crippen molar-refractivity contribution >= 4 is 63.5 Å². The normalized spacial score (nSPS) is 16.5. The van der Waals surface area contributed by atoms with Gasteiger partial charge in [0.1, 0.15) is 41.1 Å². The Morgan fingerprint density at radius 1 is 0.965 bits per heavy atom. The second-order valence-corrected chi connectivity index (χ2v) is 14.8. The summed E-state index contributed by atoms with van der Waals surface area (Å²) >= 11 is 8.57. The molecule has 0 unspecified atom stereocenters. The van der Waals surface area contributed by atoms with E-state index in [1.165, 1.54) is 16.7 Å². The number of thioether (sulfide) groups is 1. The third kappa shape index (κ3) is 8.06. The van der Waals surface area contributed by atoms with Crippen molar-refractivity contribution in [2.75, 3.05) is 30.7 Å². The van der Waals surface area contributed by atoms with Gasteiger partial charge in [-0.2, -0.15) is 14.6 Å². The van der Waals surface area contributed by atoms with Crippen molar-refractivity contribution in [3.05, 3.63) is 155 Å². The number of oxime groups is 1. The number of ether oxygens (including phenoxy) is 2. The minimum absolute atomic E-state index is 0.00645. The summed E-state index contributed by atoms with van der Waals surface area (Å²) in [4.78, 5) is 52.2. The third-order valence-corrected chi connectivity index (χ3v) is 11.6. The molecular formula is C41H34ClN7O6S2. The zero-order valence-electron chi connectivity index (χ0n) is 30.3. The average molecular weight is 820 g/mol. The number of β-lactam (4-membered cyclic amide) rings is 1. The fourth-order valence-electron chi connectivity index (χ4n) is 6.54. The van der Waals surface area contributed by atoms with Crippen molar-refractivity contribution in [1.82, 2.24) is 19.6 Å². The monoisotopic (exact) mass is 819 g/mol. The molecule has 0 aliphatic carbocycles. The highest BCUT2D eigenvalue weighted by molar-refractivity contribution is 8.00. The van der Waals surface area contributed by atoms with Crippen molar-refractivity contribution in [1.29, 1.82) is 5.26 Å². The van der Waals surface area contributed by atoms with Gasteiger partial charge in [-0.15, -0.1) is 23.4 Å². The maximum absolute atomic E-state index is 13.9. The molecule has 1 saturated heterocycles. The fourth-order valence-corrected chi connectivity index (χ4v) is 8.85. The smallest absolute Gasteiger partial charge is 0.355 e. The number of amides is 2. The number of carbonyl (C=O) groups is 3. The summed E-state index contributed by atoms with van der Waals surface area (Å²) in [6.45, 7) is -0.487. The van der Waals surface area contributed by atoms with Crippen LogP contribution in [0.3, 0.4) is 0 Å². The first-order chi connectivity index (χ1) is 27.9. The van der Waals surface area contributed by atoms with Gasteiger partial charge < -0.3 is 24.9 Å². The number of hydrogen-bond acceptors (Lipinski definition) is 13. The summed E-state index contributed by atoms with van der Waals surface area (Å²) in [7, 11) is 1.56. The van der Waals surface area contributed by atoms with Crippen LogP contribution < -0.4 is 15.4 Å². The Bertz CT molecular complexity index is 2240. The standard InChI is InChI=1S/C41H34ClN7O6S2/c1-53-31-19-17-26(18-20-31)24-54-39(52)34-27(23-42)25-56-38-33(37(51)49(34)38)44-36(50)32(47-55-22-21-43)35-45-40(57-48-35)46-41(28-11-5-2-6-12-28,29-13-7-3-8-14-29)30-15-9-4-10-16-30/h2-20,33,38H,22-25H2,1H3,(H,44,50)(H,45,46,48)/b47-32-/t33-,38-/m1/s1. The van der Waals surface area contributed by atoms with E-state index in [2.05, 4.69) is 25.1 Å². The van der Waals surface area contributed by atoms with E-state index in [0.29, 0.717) is 22.2 Å². The molecule has 288 valence electrons. The van der Waals surface area contributed by atoms with Crippen LogP contribution >= 0.6 is 34.9 Å². The van der Waals surface area contributed by atoms with Crippen LogP contribution in [-0.4, -0.2) is 74.5 Å². The van der Waals surface area contributed by atoms with E-state index in [9.17, 15) is 14.4 Å². The van der Waals surface area contributed by atoms with Crippen LogP contribution in [0.1, 0.15) is 28.1 Å². The number of alkyl halides is 1. The lowest BCUT2D eigenvalue weighted by Crippen LogP contribution is -2.71. The van der Waals surface area contributed by atoms with Gasteiger partial charge in [0, 0.05) is 23.2 Å². The number of methoxy groups -OCH3 is 1. The molecule has 57 heavy (non-hydrogen) atoms. The van der Waals surface area contributed by atoms with Gasteiger partial charge in [-0.25, -0.2) is 4.79 Å². The molecule has 16 heteroatoms. The van der Waals surface area contributed by atoms with Crippen molar-refractivity contribution in [3.8, 4) is 11.8 Å². The zero-order valence-corrected chi connectivity index (χ0v) is 32.7. The van der Waals surface area contributed by atoms with Crippen LogP contribution in [0.4, 0.5) is 5.13 Å². The maximum Gasteiger partial charge on any atom is 0.355 e. The van der Waals surface area contributed by atoms with Gasteiger partial charge in [-0.3, -0.25) is 14.5 Å². The Morgan fingerprint density at radius 3 is 2.14 bits per heavy atom. The number of carbonyl (C=O) groups excluding carboxylic acids is 3. The van der Waals surface area contributed by atoms with E-state index in [1.54, 1.807) is 31.4 Å². The van der Waals surface area contributed by atoms with Gasteiger partial charge in [0.25, 0.3) is 11.8 Å². The SMILES string of the molecule is COc1ccc(COC(=O)C2=C(CCl)CS[C@@H]3[C@H](NC(=O)/C(=N\OCC#N)c4nsc(NC(c5ccccc5)(c5ccccc5)c5ccccc5)n4)C(=O)N23)cc1. The average Bonchev–Trinajstić information content (AvgIpc) is 3.73. The molecule has 4 aromatic carbocycles. The number of halogens is 1. The highest BCUT2D eigenvalue weighted by Gasteiger charge is 2.54. The minimum Gasteiger partial charge on any atom is -0.497 e. The molecule has 0 spiro atoms. The fraction of sp³-hybridized carbons (Fsp3) is 0.195. The first-order valence-corrected chi connectivity index (χ1v) is 19.9. The molecule has 0 radical (unpaired) electrons. The number of nitrogens with one attached hydrogen (secondary N) is 2. The van der Waals surface area contributed by atoms with Crippen molar-refractivity contribution < 1.29 is 28.7 Å². The van der Waals surface area contributed by atoms with Gasteiger partial charge in [-0.1, -0.05) is 108 Å². The number of aromatic nitrogens is 2. The quantitative estimate of drug-likeness (QED) is 0.0248. The molecule has 1 aromatic heterocycles. The number of rotatable bonds is 15. The lowest BCUT2D eigenvalue weighted by atomic mass is 9.77. The second-order valence-electron chi connectivity index (χ2n) is 12.6. The minimum atomic E-state index is -1.04. The molecular weight excluding hydrogens is 786 g/mol. The summed E-state index contributed by atoms with van der Waals surface area (Å²) in [6.07, 6.45) is 0. The lowest BCUT2D eigenvalue weighted by Gasteiger charge is -2.49. The summed E-state index contributed by atoms with van der Waals surface area (Å²) in [6, 6.07) is 37.5. The van der Waals surface area contributed by atoms with E-state index < -0.39 is 41.3 Å². The molecule has 7 rings (SSSR count). The van der Waals surface area contributed by atoms with Gasteiger partial charge in [0.05, 0.1) is 7.11 Å². The Kier molecular flexibility index (Phi) is 12.1.